The van der Waals surface area contributed by atoms with Gasteiger partial charge in [0.1, 0.15) is 35.6 Å². The molecule has 10 heteroatoms. The fourth-order valence-corrected chi connectivity index (χ4v) is 6.78. The van der Waals surface area contributed by atoms with Gasteiger partial charge >= 0.3 is 12.1 Å². The number of alkyl carbamates (subject to hydrolysis) is 1. The van der Waals surface area contributed by atoms with E-state index >= 15 is 0 Å². The van der Waals surface area contributed by atoms with Crippen LogP contribution in [0.25, 0.3) is 11.1 Å². The zero-order chi connectivity index (χ0) is 28.4. The first-order chi connectivity index (χ1) is 19.3. The standard InChI is InChI=1S/C30H30N2O7S/c1-17(31-30(36)39-15-24-21-10-6-4-8-19(21)20-9-5-7-11-22(20)24)27(33)32-25(29(34)35)16-40-28(32)23-13-12-18(37-2)14-26(23)38-3/h4-14,17,24-25,28H,15-16H2,1-3H3,(H,31,36)(H,34,35)/t17-,25+,28?/m1/s1. The maximum atomic E-state index is 13.6. The SMILES string of the molecule is COc1ccc(C2SC[C@@H](C(=O)O)N2C(=O)[C@@H](C)NC(=O)OCC2c3ccccc3-c3ccccc32)c(OC)c1. The van der Waals surface area contributed by atoms with Crippen LogP contribution in [0.5, 0.6) is 11.5 Å². The minimum absolute atomic E-state index is 0.101. The van der Waals surface area contributed by atoms with E-state index in [1.807, 2.05) is 36.4 Å². The zero-order valence-electron chi connectivity index (χ0n) is 22.3. The summed E-state index contributed by atoms with van der Waals surface area (Å²) in [5.74, 6) is -0.543. The molecule has 2 amide bonds. The molecule has 40 heavy (non-hydrogen) atoms. The lowest BCUT2D eigenvalue weighted by molar-refractivity contribution is -0.149. The molecule has 1 unspecified atom stereocenters. The number of aliphatic carboxylic acids is 1. The van der Waals surface area contributed by atoms with Crippen LogP contribution in [-0.4, -0.2) is 66.6 Å². The highest BCUT2D eigenvalue weighted by atomic mass is 32.2. The maximum Gasteiger partial charge on any atom is 0.407 e. The monoisotopic (exact) mass is 562 g/mol. The molecular formula is C30H30N2O7S. The third-order valence-electron chi connectivity index (χ3n) is 7.30. The van der Waals surface area contributed by atoms with E-state index in [0.29, 0.717) is 17.1 Å². The van der Waals surface area contributed by atoms with Crippen molar-refractivity contribution in [1.82, 2.24) is 10.2 Å². The van der Waals surface area contributed by atoms with Gasteiger partial charge in [-0.25, -0.2) is 9.59 Å². The number of methoxy groups -OCH3 is 2. The van der Waals surface area contributed by atoms with Gasteiger partial charge in [-0.1, -0.05) is 48.5 Å². The van der Waals surface area contributed by atoms with Gasteiger partial charge < -0.3 is 29.5 Å². The van der Waals surface area contributed by atoms with Crippen LogP contribution < -0.4 is 14.8 Å². The molecule has 0 aromatic heterocycles. The Bertz CT molecular complexity index is 1400. The molecule has 3 aromatic rings. The summed E-state index contributed by atoms with van der Waals surface area (Å²) < 4.78 is 16.4. The Labute approximate surface area is 236 Å². The van der Waals surface area contributed by atoms with E-state index in [9.17, 15) is 19.5 Å². The van der Waals surface area contributed by atoms with Crippen LogP contribution in [0.15, 0.2) is 66.7 Å². The van der Waals surface area contributed by atoms with E-state index in [1.54, 1.807) is 18.2 Å². The summed E-state index contributed by atoms with van der Waals surface area (Å²) in [5, 5.41) is 11.8. The number of nitrogens with zero attached hydrogens (tertiary/aromatic N) is 1. The molecule has 2 aliphatic rings. The summed E-state index contributed by atoms with van der Waals surface area (Å²) >= 11 is 1.32. The van der Waals surface area contributed by atoms with Crippen LogP contribution in [0.2, 0.25) is 0 Å². The van der Waals surface area contributed by atoms with E-state index in [0.717, 1.165) is 22.3 Å². The summed E-state index contributed by atoms with van der Waals surface area (Å²) in [6.07, 6.45) is -0.750. The second kappa shape index (κ2) is 11.5. The molecule has 0 bridgehead atoms. The molecule has 2 N–H and O–H groups in total. The largest absolute Gasteiger partial charge is 0.497 e. The molecule has 208 valence electrons. The topological polar surface area (TPSA) is 114 Å². The highest BCUT2D eigenvalue weighted by Gasteiger charge is 2.45. The Hall–Kier alpha value is -4.18. The molecule has 0 saturated carbocycles. The van der Waals surface area contributed by atoms with Crippen molar-refractivity contribution < 1.29 is 33.7 Å². The van der Waals surface area contributed by atoms with E-state index in [-0.39, 0.29) is 18.3 Å². The molecule has 1 fully saturated rings. The third kappa shape index (κ3) is 5.06. The number of ether oxygens (including phenoxy) is 3. The predicted octanol–water partition coefficient (Wildman–Crippen LogP) is 4.66. The summed E-state index contributed by atoms with van der Waals surface area (Å²) in [5.41, 5.74) is 5.02. The average Bonchev–Trinajstić information content (AvgIpc) is 3.55. The van der Waals surface area contributed by atoms with Gasteiger partial charge in [0.25, 0.3) is 0 Å². The van der Waals surface area contributed by atoms with E-state index < -0.39 is 35.4 Å². The molecule has 3 atom stereocenters. The molecule has 5 rings (SSSR count). The Kier molecular flexibility index (Phi) is 7.88. The first-order valence-corrected chi connectivity index (χ1v) is 13.9. The van der Waals surface area contributed by atoms with Crippen LogP contribution in [-0.2, 0) is 14.3 Å². The number of carbonyl (C=O) groups excluding carboxylic acids is 2. The Balaban J connectivity index is 1.29. The maximum absolute atomic E-state index is 13.6. The van der Waals surface area contributed by atoms with Crippen molar-refractivity contribution >= 4 is 29.7 Å². The van der Waals surface area contributed by atoms with E-state index in [1.165, 1.54) is 37.8 Å². The van der Waals surface area contributed by atoms with Gasteiger partial charge in [-0.2, -0.15) is 0 Å². The number of hydrogen-bond donors (Lipinski definition) is 2. The minimum atomic E-state index is -1.12. The number of carboxylic acids is 1. The van der Waals surface area contributed by atoms with Gasteiger partial charge in [-0.05, 0) is 41.3 Å². The Morgan fingerprint density at radius 3 is 2.23 bits per heavy atom. The lowest BCUT2D eigenvalue weighted by Crippen LogP contribution is -2.51. The molecule has 3 aromatic carbocycles. The zero-order valence-corrected chi connectivity index (χ0v) is 23.1. The number of amides is 2. The van der Waals surface area contributed by atoms with Crippen LogP contribution in [0.4, 0.5) is 4.79 Å². The number of nitrogens with one attached hydrogen (secondary N) is 1. The number of rotatable bonds is 8. The van der Waals surface area contributed by atoms with Crippen LogP contribution in [0.3, 0.4) is 0 Å². The van der Waals surface area contributed by atoms with Crippen LogP contribution in [0.1, 0.15) is 34.9 Å². The number of benzene rings is 3. The molecule has 0 radical (unpaired) electrons. The number of hydrogen-bond acceptors (Lipinski definition) is 7. The van der Waals surface area contributed by atoms with E-state index in [4.69, 9.17) is 14.2 Å². The second-order valence-corrected chi connectivity index (χ2v) is 10.7. The third-order valence-corrected chi connectivity index (χ3v) is 8.60. The fourth-order valence-electron chi connectivity index (χ4n) is 5.33. The number of fused-ring (bicyclic) bond motifs is 3. The van der Waals surface area contributed by atoms with Gasteiger partial charge in [0.2, 0.25) is 5.91 Å². The molecule has 0 spiro atoms. The molecule has 9 nitrogen and oxygen atoms in total. The molecule has 1 aliphatic heterocycles. The summed E-state index contributed by atoms with van der Waals surface area (Å²) in [6.45, 7) is 1.62. The van der Waals surface area contributed by atoms with Crippen molar-refractivity contribution in [2.75, 3.05) is 26.6 Å². The van der Waals surface area contributed by atoms with Crippen molar-refractivity contribution in [3.05, 3.63) is 83.4 Å². The normalized spacial score (nSPS) is 18.4. The summed E-state index contributed by atoms with van der Waals surface area (Å²) in [4.78, 5) is 39.8. The Morgan fingerprint density at radius 2 is 1.62 bits per heavy atom. The number of carbonyl (C=O) groups is 3. The number of thioether (sulfide) groups is 1. The highest BCUT2D eigenvalue weighted by molar-refractivity contribution is 7.99. The van der Waals surface area contributed by atoms with Crippen molar-refractivity contribution in [3.63, 3.8) is 0 Å². The van der Waals surface area contributed by atoms with Crippen LogP contribution >= 0.6 is 11.8 Å². The van der Waals surface area contributed by atoms with Gasteiger partial charge in [-0.3, -0.25) is 4.79 Å². The van der Waals surface area contributed by atoms with Crippen molar-refractivity contribution in [2.24, 2.45) is 0 Å². The van der Waals surface area contributed by atoms with Gasteiger partial charge in [0, 0.05) is 23.3 Å². The molecule has 1 aliphatic carbocycles. The van der Waals surface area contributed by atoms with Crippen molar-refractivity contribution in [2.45, 2.75) is 30.3 Å². The number of carboxylic acid groups (broad SMARTS) is 1. The summed E-state index contributed by atoms with van der Waals surface area (Å²) in [6, 6.07) is 19.1. The lowest BCUT2D eigenvalue weighted by Gasteiger charge is -2.31. The quantitative estimate of drug-likeness (QED) is 0.408. The van der Waals surface area contributed by atoms with Crippen molar-refractivity contribution in [3.8, 4) is 22.6 Å². The average molecular weight is 563 g/mol. The Morgan fingerprint density at radius 1 is 0.975 bits per heavy atom. The molecule has 1 heterocycles. The molecule has 1 saturated heterocycles. The van der Waals surface area contributed by atoms with Gasteiger partial charge in [0.05, 0.1) is 14.2 Å². The smallest absolute Gasteiger partial charge is 0.407 e. The highest BCUT2D eigenvalue weighted by Crippen LogP contribution is 2.46. The minimum Gasteiger partial charge on any atom is -0.497 e. The van der Waals surface area contributed by atoms with Crippen molar-refractivity contribution in [1.29, 1.82) is 0 Å². The van der Waals surface area contributed by atoms with Crippen LogP contribution in [0, 0.1) is 0 Å². The fraction of sp³-hybridized carbons (Fsp3) is 0.300. The van der Waals surface area contributed by atoms with Gasteiger partial charge in [-0.15, -0.1) is 11.8 Å². The predicted molar refractivity (Wildman–Crippen MR) is 151 cm³/mol. The first kappa shape index (κ1) is 27.4. The molecular weight excluding hydrogens is 532 g/mol. The van der Waals surface area contributed by atoms with Gasteiger partial charge in [0.15, 0.2) is 0 Å². The summed E-state index contributed by atoms with van der Waals surface area (Å²) in [7, 11) is 3.03. The van der Waals surface area contributed by atoms with E-state index in [2.05, 4.69) is 17.4 Å². The second-order valence-electron chi connectivity index (χ2n) is 9.58. The lowest BCUT2D eigenvalue weighted by atomic mass is 9.98. The first-order valence-electron chi connectivity index (χ1n) is 12.8.